The Kier molecular flexibility index (Phi) is 2.59. The Labute approximate surface area is 78.4 Å². The van der Waals surface area contributed by atoms with Crippen molar-refractivity contribution >= 4 is 0 Å². The molecule has 1 atom stereocenters. The predicted molar refractivity (Wildman–Crippen MR) is 50.4 cm³/mol. The Morgan fingerprint density at radius 1 is 1.69 bits per heavy atom. The van der Waals surface area contributed by atoms with Crippen LogP contribution in [0.4, 0.5) is 0 Å². The molecule has 0 aliphatic carbocycles. The summed E-state index contributed by atoms with van der Waals surface area (Å²) in [6, 6.07) is 0.620. The highest BCUT2D eigenvalue weighted by Crippen LogP contribution is 2.10. The first-order chi connectivity index (χ1) is 6.40. The minimum Gasteiger partial charge on any atom is -0.318 e. The maximum absolute atomic E-state index is 4.12. The molecule has 0 radical (unpaired) electrons. The summed E-state index contributed by atoms with van der Waals surface area (Å²) in [7, 11) is 0. The molecule has 13 heavy (non-hydrogen) atoms. The zero-order chi connectivity index (χ0) is 9.10. The van der Waals surface area contributed by atoms with E-state index in [1.54, 1.807) is 0 Å². The van der Waals surface area contributed by atoms with Crippen molar-refractivity contribution in [3.8, 4) is 0 Å². The second-order valence-corrected chi connectivity index (χ2v) is 3.53. The third-order valence-electron chi connectivity index (χ3n) is 2.63. The molecule has 4 nitrogen and oxygen atoms in total. The summed E-state index contributed by atoms with van der Waals surface area (Å²) in [6.45, 7) is 4.24. The highest BCUT2D eigenvalue weighted by atomic mass is 15.3. The molecule has 1 unspecified atom stereocenters. The molecule has 0 spiro atoms. The number of hydrogen-bond acceptors (Lipinski definition) is 3. The van der Waals surface area contributed by atoms with Crippen molar-refractivity contribution in [2.75, 3.05) is 6.54 Å². The van der Waals surface area contributed by atoms with Crippen LogP contribution in [0.3, 0.4) is 0 Å². The van der Waals surface area contributed by atoms with Crippen molar-refractivity contribution in [2.45, 2.75) is 38.8 Å². The molecule has 1 aromatic rings. The van der Waals surface area contributed by atoms with Crippen LogP contribution in [0, 0.1) is 0 Å². The molecule has 4 heteroatoms. The second-order valence-electron chi connectivity index (χ2n) is 3.53. The number of aromatic nitrogens is 3. The summed E-state index contributed by atoms with van der Waals surface area (Å²) in [6.07, 6.45) is 5.40. The lowest BCUT2D eigenvalue weighted by atomic mass is 10.1. The van der Waals surface area contributed by atoms with Crippen LogP contribution in [0.2, 0.25) is 0 Å². The Bertz CT molecular complexity index is 262. The number of rotatable bonds is 3. The molecule has 1 saturated heterocycles. The number of nitrogens with one attached hydrogen (secondary N) is 1. The summed E-state index contributed by atoms with van der Waals surface area (Å²) < 4.78 is 2.11. The van der Waals surface area contributed by atoms with Gasteiger partial charge in [0.05, 0.1) is 0 Å². The molecule has 0 saturated carbocycles. The number of hydrogen-bond donors (Lipinski definition) is 1. The molecule has 0 amide bonds. The molecule has 72 valence electrons. The van der Waals surface area contributed by atoms with Gasteiger partial charge in [0.1, 0.15) is 12.2 Å². The van der Waals surface area contributed by atoms with Crippen molar-refractivity contribution in [1.82, 2.24) is 20.1 Å². The fourth-order valence-corrected chi connectivity index (χ4v) is 1.85. The fourth-order valence-electron chi connectivity index (χ4n) is 1.85. The molecular formula is C9H16N4. The lowest BCUT2D eigenvalue weighted by Crippen LogP contribution is -2.25. The zero-order valence-electron chi connectivity index (χ0n) is 8.03. The van der Waals surface area contributed by atoms with E-state index in [0.29, 0.717) is 6.04 Å². The van der Waals surface area contributed by atoms with E-state index < -0.39 is 0 Å². The molecule has 1 aromatic heterocycles. The largest absolute Gasteiger partial charge is 0.318 e. The standard InChI is InChI=1S/C9H16N4/c1-2-13-7-11-12-9(13)6-8-4-3-5-10-8/h7-8,10H,2-6H2,1H3. The topological polar surface area (TPSA) is 42.7 Å². The molecule has 1 N–H and O–H groups in total. The van der Waals surface area contributed by atoms with Crippen LogP contribution >= 0.6 is 0 Å². The van der Waals surface area contributed by atoms with E-state index in [-0.39, 0.29) is 0 Å². The van der Waals surface area contributed by atoms with Crippen LogP contribution in [-0.2, 0) is 13.0 Å². The van der Waals surface area contributed by atoms with Gasteiger partial charge in [-0.15, -0.1) is 10.2 Å². The predicted octanol–water partition coefficient (Wildman–Crippen LogP) is 0.592. The van der Waals surface area contributed by atoms with Gasteiger partial charge in [-0.05, 0) is 26.3 Å². The van der Waals surface area contributed by atoms with Gasteiger partial charge >= 0.3 is 0 Å². The van der Waals surface area contributed by atoms with Gasteiger partial charge in [-0.1, -0.05) is 0 Å². The Hall–Kier alpha value is -0.900. The summed E-state index contributed by atoms with van der Waals surface area (Å²) in [5, 5.41) is 11.5. The van der Waals surface area contributed by atoms with E-state index in [1.165, 1.54) is 12.8 Å². The SMILES string of the molecule is CCn1cnnc1CC1CCCN1. The van der Waals surface area contributed by atoms with E-state index in [9.17, 15) is 0 Å². The smallest absolute Gasteiger partial charge is 0.134 e. The Morgan fingerprint density at radius 3 is 3.31 bits per heavy atom. The molecule has 2 heterocycles. The lowest BCUT2D eigenvalue weighted by Gasteiger charge is -2.09. The number of nitrogens with zero attached hydrogens (tertiary/aromatic N) is 3. The molecular weight excluding hydrogens is 164 g/mol. The van der Waals surface area contributed by atoms with Crippen molar-refractivity contribution in [3.63, 3.8) is 0 Å². The third kappa shape index (κ3) is 1.88. The van der Waals surface area contributed by atoms with E-state index in [4.69, 9.17) is 0 Å². The maximum atomic E-state index is 4.12. The average Bonchev–Trinajstić information content (AvgIpc) is 2.76. The first-order valence-corrected chi connectivity index (χ1v) is 5.00. The summed E-state index contributed by atoms with van der Waals surface area (Å²) in [5.74, 6) is 1.11. The van der Waals surface area contributed by atoms with Gasteiger partial charge in [0.25, 0.3) is 0 Å². The van der Waals surface area contributed by atoms with Gasteiger partial charge in [-0.25, -0.2) is 0 Å². The van der Waals surface area contributed by atoms with Crippen molar-refractivity contribution in [1.29, 1.82) is 0 Å². The van der Waals surface area contributed by atoms with Crippen molar-refractivity contribution in [2.24, 2.45) is 0 Å². The van der Waals surface area contributed by atoms with Crippen LogP contribution in [-0.4, -0.2) is 27.4 Å². The normalized spacial score (nSPS) is 22.4. The summed E-state index contributed by atoms with van der Waals surface area (Å²) in [4.78, 5) is 0. The van der Waals surface area contributed by atoms with Crippen LogP contribution < -0.4 is 5.32 Å². The van der Waals surface area contributed by atoms with Gasteiger partial charge in [0, 0.05) is 19.0 Å². The van der Waals surface area contributed by atoms with Crippen LogP contribution in [0.15, 0.2) is 6.33 Å². The van der Waals surface area contributed by atoms with Crippen LogP contribution in [0.25, 0.3) is 0 Å². The zero-order valence-corrected chi connectivity index (χ0v) is 8.03. The second kappa shape index (κ2) is 3.87. The average molecular weight is 180 g/mol. The van der Waals surface area contributed by atoms with Crippen LogP contribution in [0.1, 0.15) is 25.6 Å². The van der Waals surface area contributed by atoms with Crippen molar-refractivity contribution < 1.29 is 0 Å². The maximum Gasteiger partial charge on any atom is 0.134 e. The van der Waals surface area contributed by atoms with E-state index in [1.807, 2.05) is 6.33 Å². The molecule has 1 fully saturated rings. The Morgan fingerprint density at radius 2 is 2.62 bits per heavy atom. The fraction of sp³-hybridized carbons (Fsp3) is 0.778. The monoisotopic (exact) mass is 180 g/mol. The van der Waals surface area contributed by atoms with Gasteiger partial charge in [-0.2, -0.15) is 0 Å². The van der Waals surface area contributed by atoms with Gasteiger partial charge in [0.2, 0.25) is 0 Å². The first kappa shape index (κ1) is 8.69. The van der Waals surface area contributed by atoms with E-state index >= 15 is 0 Å². The molecule has 0 aromatic carbocycles. The molecule has 1 aliphatic rings. The quantitative estimate of drug-likeness (QED) is 0.740. The third-order valence-corrected chi connectivity index (χ3v) is 2.63. The lowest BCUT2D eigenvalue weighted by molar-refractivity contribution is 0.561. The Balaban J connectivity index is 1.99. The highest BCUT2D eigenvalue weighted by Gasteiger charge is 2.16. The van der Waals surface area contributed by atoms with Gasteiger partial charge in [0.15, 0.2) is 0 Å². The van der Waals surface area contributed by atoms with Gasteiger partial charge in [-0.3, -0.25) is 0 Å². The molecule has 0 bridgehead atoms. The van der Waals surface area contributed by atoms with Gasteiger partial charge < -0.3 is 9.88 Å². The first-order valence-electron chi connectivity index (χ1n) is 5.00. The summed E-state index contributed by atoms with van der Waals surface area (Å²) >= 11 is 0. The molecule has 2 rings (SSSR count). The van der Waals surface area contributed by atoms with Crippen LogP contribution in [0.5, 0.6) is 0 Å². The number of aryl methyl sites for hydroxylation is 1. The minimum absolute atomic E-state index is 0.620. The van der Waals surface area contributed by atoms with E-state index in [2.05, 4.69) is 27.0 Å². The highest BCUT2D eigenvalue weighted by molar-refractivity contribution is 4.92. The minimum atomic E-state index is 0.620. The summed E-state index contributed by atoms with van der Waals surface area (Å²) in [5.41, 5.74) is 0. The van der Waals surface area contributed by atoms with Crippen molar-refractivity contribution in [3.05, 3.63) is 12.2 Å². The van der Waals surface area contributed by atoms with E-state index in [0.717, 1.165) is 25.3 Å². The molecule has 1 aliphatic heterocycles.